The summed E-state index contributed by atoms with van der Waals surface area (Å²) < 4.78 is 0. The van der Waals surface area contributed by atoms with Crippen LogP contribution < -0.4 is 10.6 Å². The number of amides is 4. The van der Waals surface area contributed by atoms with Crippen molar-refractivity contribution in [1.29, 1.82) is 0 Å². The highest BCUT2D eigenvalue weighted by Gasteiger charge is 2.41. The molecule has 4 aliphatic rings. The minimum absolute atomic E-state index is 0.0148. The van der Waals surface area contributed by atoms with Crippen LogP contribution in [0.25, 0.3) is 33.6 Å². The number of rotatable bonds is 9. The van der Waals surface area contributed by atoms with Gasteiger partial charge in [-0.3, -0.25) is 9.59 Å². The second kappa shape index (κ2) is 16.2. The quantitative estimate of drug-likeness (QED) is 0.104. The van der Waals surface area contributed by atoms with Crippen molar-refractivity contribution in [3.63, 3.8) is 0 Å². The first-order valence-electron chi connectivity index (χ1n) is 20.1. The first-order valence-corrected chi connectivity index (χ1v) is 20.1. The van der Waals surface area contributed by atoms with Crippen molar-refractivity contribution < 1.29 is 29.4 Å². The molecule has 2 aliphatic carbocycles. The summed E-state index contributed by atoms with van der Waals surface area (Å²) in [4.78, 5) is 70.4. The van der Waals surface area contributed by atoms with Crippen molar-refractivity contribution in [2.45, 2.75) is 101 Å². The molecular weight excluding hydrogens is 713 g/mol. The number of hydrogen-bond acceptors (Lipinski definition) is 6. The number of aromatic nitrogens is 4. The SMILES string of the molecule is O=C(O)N[C@@H]1CCCC[C@@H]1C(=O)N1CCC[C@H]1c1ncc(-c2ccc(-c3ccc(-c4cnc([C@@H]5CCCN5C(=O)[C@H]5CCCC[C@H]5NC(=O)O)[nH]4)cc3)cc2)[nH]1. The van der Waals surface area contributed by atoms with Gasteiger partial charge in [0, 0.05) is 25.2 Å². The number of carboxylic acid groups (broad SMARTS) is 2. The van der Waals surface area contributed by atoms with Crippen molar-refractivity contribution in [3.8, 4) is 33.6 Å². The van der Waals surface area contributed by atoms with Crippen molar-refractivity contribution in [3.05, 3.63) is 72.6 Å². The molecule has 0 unspecified atom stereocenters. The van der Waals surface area contributed by atoms with E-state index in [1.54, 1.807) is 0 Å². The van der Waals surface area contributed by atoms with Crippen LogP contribution in [0.15, 0.2) is 60.9 Å². The molecular formula is C42H50N8O6. The largest absolute Gasteiger partial charge is 0.465 e. The fourth-order valence-electron chi connectivity index (χ4n) is 9.56. The fourth-order valence-corrected chi connectivity index (χ4v) is 9.56. The summed E-state index contributed by atoms with van der Waals surface area (Å²) in [6, 6.07) is 15.5. The summed E-state index contributed by atoms with van der Waals surface area (Å²) >= 11 is 0. The van der Waals surface area contributed by atoms with Crippen LogP contribution in [0.3, 0.4) is 0 Å². The van der Waals surface area contributed by atoms with Gasteiger partial charge in [0.1, 0.15) is 11.6 Å². The van der Waals surface area contributed by atoms with E-state index in [2.05, 4.69) is 69.1 Å². The number of nitrogens with zero attached hydrogens (tertiary/aromatic N) is 4. The average molecular weight is 763 g/mol. The van der Waals surface area contributed by atoms with Gasteiger partial charge in [-0.15, -0.1) is 0 Å². The van der Waals surface area contributed by atoms with Gasteiger partial charge in [-0.2, -0.15) is 0 Å². The molecule has 2 aliphatic heterocycles. The van der Waals surface area contributed by atoms with E-state index in [1.165, 1.54) is 0 Å². The molecule has 2 aromatic carbocycles. The van der Waals surface area contributed by atoms with Gasteiger partial charge < -0.3 is 40.6 Å². The van der Waals surface area contributed by atoms with Crippen LogP contribution in [0.5, 0.6) is 0 Å². The molecule has 2 saturated carbocycles. The van der Waals surface area contributed by atoms with Crippen LogP contribution in [0.1, 0.15) is 101 Å². The Labute approximate surface area is 325 Å². The molecule has 4 amide bonds. The third kappa shape index (κ3) is 7.74. The van der Waals surface area contributed by atoms with E-state index in [1.807, 2.05) is 22.2 Å². The molecule has 0 bridgehead atoms. The highest BCUT2D eigenvalue weighted by molar-refractivity contribution is 5.82. The summed E-state index contributed by atoms with van der Waals surface area (Å²) in [5, 5.41) is 23.8. The number of likely N-dealkylation sites (tertiary alicyclic amines) is 2. The van der Waals surface area contributed by atoms with Gasteiger partial charge in [0.05, 0.1) is 47.7 Å². The lowest BCUT2D eigenvalue weighted by molar-refractivity contribution is -0.139. The zero-order chi connectivity index (χ0) is 38.8. The Bertz CT molecular complexity index is 1900. The van der Waals surface area contributed by atoms with Crippen LogP contribution >= 0.6 is 0 Å². The van der Waals surface area contributed by atoms with Crippen LogP contribution in [-0.4, -0.2) is 89.1 Å². The molecule has 6 atom stereocenters. The highest BCUT2D eigenvalue weighted by atomic mass is 16.4. The number of imidazole rings is 2. The second-order valence-electron chi connectivity index (χ2n) is 15.8. The Balaban J connectivity index is 0.907. The number of carbonyl (C=O) groups is 4. The molecule has 56 heavy (non-hydrogen) atoms. The summed E-state index contributed by atoms with van der Waals surface area (Å²) in [5.74, 6) is 0.843. The van der Waals surface area contributed by atoms with Crippen molar-refractivity contribution >= 4 is 24.0 Å². The predicted octanol–water partition coefficient (Wildman–Crippen LogP) is 7.11. The van der Waals surface area contributed by atoms with Crippen LogP contribution in [-0.2, 0) is 9.59 Å². The fraction of sp³-hybridized carbons (Fsp3) is 0.476. The first-order chi connectivity index (χ1) is 27.2. The lowest BCUT2D eigenvalue weighted by Crippen LogP contribution is -2.49. The topological polar surface area (TPSA) is 197 Å². The van der Waals surface area contributed by atoms with Gasteiger partial charge >= 0.3 is 12.2 Å². The van der Waals surface area contributed by atoms with E-state index in [0.717, 1.165) is 96.7 Å². The molecule has 8 rings (SSSR count). The monoisotopic (exact) mass is 762 g/mol. The molecule has 6 N–H and O–H groups in total. The van der Waals surface area contributed by atoms with Crippen LogP contribution in [0.4, 0.5) is 9.59 Å². The predicted molar refractivity (Wildman–Crippen MR) is 208 cm³/mol. The van der Waals surface area contributed by atoms with Crippen molar-refractivity contribution in [2.24, 2.45) is 11.8 Å². The number of hydrogen-bond donors (Lipinski definition) is 6. The second-order valence-corrected chi connectivity index (χ2v) is 15.8. The highest BCUT2D eigenvalue weighted by Crippen LogP contribution is 2.38. The minimum atomic E-state index is -1.08. The molecule has 2 aromatic heterocycles. The Morgan fingerprint density at radius 3 is 1.30 bits per heavy atom. The molecule has 4 fully saturated rings. The maximum Gasteiger partial charge on any atom is 0.404 e. The first kappa shape index (κ1) is 37.3. The molecule has 0 radical (unpaired) electrons. The number of H-pyrrole nitrogens is 2. The average Bonchev–Trinajstić information content (AvgIpc) is 4.05. The molecule has 2 saturated heterocycles. The van der Waals surface area contributed by atoms with Crippen LogP contribution in [0, 0.1) is 11.8 Å². The van der Waals surface area contributed by atoms with Crippen molar-refractivity contribution in [2.75, 3.05) is 13.1 Å². The lowest BCUT2D eigenvalue weighted by atomic mass is 9.83. The molecule has 14 nitrogen and oxygen atoms in total. The van der Waals surface area contributed by atoms with Gasteiger partial charge in [-0.1, -0.05) is 74.2 Å². The van der Waals surface area contributed by atoms with E-state index >= 15 is 0 Å². The zero-order valence-electron chi connectivity index (χ0n) is 31.5. The van der Waals surface area contributed by atoms with Crippen LogP contribution in [0.2, 0.25) is 0 Å². The maximum absolute atomic E-state index is 13.7. The Kier molecular flexibility index (Phi) is 10.8. The summed E-state index contributed by atoms with van der Waals surface area (Å²) in [7, 11) is 0. The number of benzene rings is 2. The smallest absolute Gasteiger partial charge is 0.404 e. The summed E-state index contributed by atoms with van der Waals surface area (Å²) in [6.07, 6.45) is 11.3. The van der Waals surface area contributed by atoms with E-state index in [4.69, 9.17) is 9.97 Å². The summed E-state index contributed by atoms with van der Waals surface area (Å²) in [6.45, 7) is 1.28. The number of carbonyl (C=O) groups excluding carboxylic acids is 2. The number of aromatic amines is 2. The molecule has 4 aromatic rings. The summed E-state index contributed by atoms with van der Waals surface area (Å²) in [5.41, 5.74) is 5.84. The Morgan fingerprint density at radius 1 is 0.536 bits per heavy atom. The van der Waals surface area contributed by atoms with Gasteiger partial charge in [0.25, 0.3) is 0 Å². The molecule has 4 heterocycles. The number of nitrogens with one attached hydrogen (secondary N) is 4. The zero-order valence-corrected chi connectivity index (χ0v) is 31.5. The lowest BCUT2D eigenvalue weighted by Gasteiger charge is -2.35. The molecule has 14 heteroatoms. The van der Waals surface area contributed by atoms with E-state index < -0.39 is 12.2 Å². The van der Waals surface area contributed by atoms with Gasteiger partial charge in [-0.25, -0.2) is 19.6 Å². The Morgan fingerprint density at radius 2 is 0.911 bits per heavy atom. The van der Waals surface area contributed by atoms with Crippen molar-refractivity contribution in [1.82, 2.24) is 40.4 Å². The maximum atomic E-state index is 13.7. The minimum Gasteiger partial charge on any atom is -0.465 e. The van der Waals surface area contributed by atoms with E-state index in [0.29, 0.717) is 38.8 Å². The Hall–Kier alpha value is -5.66. The van der Waals surface area contributed by atoms with E-state index in [9.17, 15) is 29.4 Å². The third-order valence-electron chi connectivity index (χ3n) is 12.4. The standard InChI is InChI=1S/C42H50N8O6/c51-39(29-7-1-3-9-31(29)47-41(53)54)49-21-5-11-35(49)37-43-23-33(45-37)27-17-13-25(14-18-27)26-15-19-28(20-16-26)34-24-44-38(46-34)36-12-6-22-50(36)40(52)30-8-2-4-10-32(30)48-42(55)56/h13-20,23-24,29-32,35-36,47-48H,1-12,21-22H2,(H,43,45)(H,44,46)(H,53,54)(H,55,56)/t29-,30-,31+,32+,35-,36-/m0/s1. The van der Waals surface area contributed by atoms with Gasteiger partial charge in [0.2, 0.25) is 11.8 Å². The molecule has 294 valence electrons. The van der Waals surface area contributed by atoms with Gasteiger partial charge in [-0.05, 0) is 73.6 Å². The third-order valence-corrected chi connectivity index (χ3v) is 12.4. The normalized spacial score (nSPS) is 25.2. The van der Waals surface area contributed by atoms with E-state index in [-0.39, 0.29) is 47.8 Å². The van der Waals surface area contributed by atoms with Gasteiger partial charge in [0.15, 0.2) is 0 Å². The molecule has 0 spiro atoms.